The molecule has 0 spiro atoms. The molecule has 2 aromatic heterocycles. The van der Waals surface area contributed by atoms with Crippen LogP contribution in [0.3, 0.4) is 0 Å². The average molecular weight is 216 g/mol. The highest BCUT2D eigenvalue weighted by molar-refractivity contribution is 5.25. The first-order valence-electron chi connectivity index (χ1n) is 5.63. The number of aryl methyl sites for hydroxylation is 3. The lowest BCUT2D eigenvalue weighted by Crippen LogP contribution is -2.05. The van der Waals surface area contributed by atoms with Crippen molar-refractivity contribution in [3.8, 4) is 5.82 Å². The summed E-state index contributed by atoms with van der Waals surface area (Å²) in [7, 11) is 0. The largest absolute Gasteiger partial charge is 0.217 e. The highest BCUT2D eigenvalue weighted by atomic mass is 15.3. The third-order valence-electron chi connectivity index (χ3n) is 2.56. The fourth-order valence-corrected chi connectivity index (χ4v) is 1.60. The molecule has 0 radical (unpaired) electrons. The van der Waals surface area contributed by atoms with Gasteiger partial charge in [0.1, 0.15) is 0 Å². The number of rotatable bonds is 3. The number of hydrogen-bond donors (Lipinski definition) is 0. The fourth-order valence-electron chi connectivity index (χ4n) is 1.60. The average Bonchev–Trinajstić information content (AvgIpc) is 2.73. The Morgan fingerprint density at radius 2 is 1.94 bits per heavy atom. The van der Waals surface area contributed by atoms with Crippen LogP contribution in [0.25, 0.3) is 5.82 Å². The molecule has 2 heterocycles. The van der Waals surface area contributed by atoms with Crippen LogP contribution in [0.4, 0.5) is 0 Å². The first kappa shape index (κ1) is 10.8. The molecule has 2 aromatic rings. The van der Waals surface area contributed by atoms with Gasteiger partial charge in [-0.15, -0.1) is 5.10 Å². The van der Waals surface area contributed by atoms with E-state index in [1.54, 1.807) is 0 Å². The van der Waals surface area contributed by atoms with Gasteiger partial charge in [-0.1, -0.05) is 13.8 Å². The van der Waals surface area contributed by atoms with Gasteiger partial charge in [-0.05, 0) is 38.0 Å². The van der Waals surface area contributed by atoms with E-state index in [1.165, 1.54) is 5.69 Å². The summed E-state index contributed by atoms with van der Waals surface area (Å²) < 4.78 is 1.88. The SMILES string of the molecule is CCc1cc(CC)n(-c2ccc(C)nn2)n1. The van der Waals surface area contributed by atoms with Crippen molar-refractivity contribution >= 4 is 0 Å². The van der Waals surface area contributed by atoms with Crippen LogP contribution in [0, 0.1) is 6.92 Å². The van der Waals surface area contributed by atoms with E-state index in [1.807, 2.05) is 23.7 Å². The van der Waals surface area contributed by atoms with Gasteiger partial charge in [-0.3, -0.25) is 0 Å². The second kappa shape index (κ2) is 4.43. The van der Waals surface area contributed by atoms with E-state index < -0.39 is 0 Å². The maximum Gasteiger partial charge on any atom is 0.175 e. The number of aromatic nitrogens is 4. The van der Waals surface area contributed by atoms with Crippen molar-refractivity contribution in [3.63, 3.8) is 0 Å². The van der Waals surface area contributed by atoms with Crippen LogP contribution >= 0.6 is 0 Å². The Kier molecular flexibility index (Phi) is 2.99. The molecule has 0 unspecified atom stereocenters. The molecule has 0 aliphatic carbocycles. The summed E-state index contributed by atoms with van der Waals surface area (Å²) in [6.45, 7) is 6.15. The van der Waals surface area contributed by atoms with Crippen LogP contribution < -0.4 is 0 Å². The second-order valence-electron chi connectivity index (χ2n) is 3.78. The van der Waals surface area contributed by atoms with Gasteiger partial charge in [0.05, 0.1) is 11.4 Å². The van der Waals surface area contributed by atoms with Crippen LogP contribution in [0.5, 0.6) is 0 Å². The van der Waals surface area contributed by atoms with E-state index in [0.29, 0.717) is 0 Å². The van der Waals surface area contributed by atoms with Crippen molar-refractivity contribution in [1.82, 2.24) is 20.0 Å². The van der Waals surface area contributed by atoms with E-state index in [4.69, 9.17) is 0 Å². The van der Waals surface area contributed by atoms with Gasteiger partial charge in [0.15, 0.2) is 5.82 Å². The van der Waals surface area contributed by atoms with Crippen molar-refractivity contribution in [2.24, 2.45) is 0 Å². The Hall–Kier alpha value is -1.71. The minimum absolute atomic E-state index is 0.794. The molecule has 0 saturated carbocycles. The molecule has 84 valence electrons. The lowest BCUT2D eigenvalue weighted by Gasteiger charge is -2.03. The van der Waals surface area contributed by atoms with E-state index in [0.717, 1.165) is 30.0 Å². The topological polar surface area (TPSA) is 43.6 Å². The van der Waals surface area contributed by atoms with Crippen molar-refractivity contribution in [3.05, 3.63) is 35.3 Å². The molecule has 4 nitrogen and oxygen atoms in total. The lowest BCUT2D eigenvalue weighted by atomic mass is 10.2. The molecule has 0 aliphatic heterocycles. The monoisotopic (exact) mass is 216 g/mol. The first-order valence-corrected chi connectivity index (χ1v) is 5.63. The zero-order valence-electron chi connectivity index (χ0n) is 9.94. The first-order chi connectivity index (χ1) is 7.74. The van der Waals surface area contributed by atoms with E-state index in [-0.39, 0.29) is 0 Å². The Morgan fingerprint density at radius 1 is 1.12 bits per heavy atom. The predicted octanol–water partition coefficient (Wildman–Crippen LogP) is 2.10. The summed E-state index contributed by atoms with van der Waals surface area (Å²) in [4.78, 5) is 0. The van der Waals surface area contributed by atoms with Gasteiger partial charge < -0.3 is 0 Å². The quantitative estimate of drug-likeness (QED) is 0.789. The molecular weight excluding hydrogens is 200 g/mol. The summed E-state index contributed by atoms with van der Waals surface area (Å²) in [5, 5.41) is 12.7. The Labute approximate surface area is 95.3 Å². The van der Waals surface area contributed by atoms with Crippen molar-refractivity contribution in [2.75, 3.05) is 0 Å². The van der Waals surface area contributed by atoms with Gasteiger partial charge in [0.2, 0.25) is 0 Å². The third-order valence-corrected chi connectivity index (χ3v) is 2.56. The van der Waals surface area contributed by atoms with Crippen molar-refractivity contribution in [2.45, 2.75) is 33.6 Å². The van der Waals surface area contributed by atoms with Crippen LogP contribution in [-0.2, 0) is 12.8 Å². The standard InChI is InChI=1S/C12H16N4/c1-4-10-8-11(5-2)16(15-10)12-7-6-9(3)13-14-12/h6-8H,4-5H2,1-3H3. The molecule has 0 N–H and O–H groups in total. The third kappa shape index (κ3) is 1.96. The minimum atomic E-state index is 0.794. The van der Waals surface area contributed by atoms with Crippen molar-refractivity contribution < 1.29 is 0 Å². The smallest absolute Gasteiger partial charge is 0.175 e. The molecular formula is C12H16N4. The molecule has 0 atom stereocenters. The summed E-state index contributed by atoms with van der Waals surface area (Å²) in [6.07, 6.45) is 1.89. The Bertz CT molecular complexity index is 470. The minimum Gasteiger partial charge on any atom is -0.217 e. The van der Waals surface area contributed by atoms with Crippen LogP contribution in [0.1, 0.15) is 30.9 Å². The van der Waals surface area contributed by atoms with Gasteiger partial charge >= 0.3 is 0 Å². The molecule has 2 rings (SSSR count). The summed E-state index contributed by atoms with van der Waals surface area (Å²) in [5.41, 5.74) is 3.19. The van der Waals surface area contributed by atoms with E-state index in [9.17, 15) is 0 Å². The maximum absolute atomic E-state index is 4.51. The molecule has 0 bridgehead atoms. The number of nitrogens with zero attached hydrogens (tertiary/aromatic N) is 4. The van der Waals surface area contributed by atoms with E-state index >= 15 is 0 Å². The van der Waals surface area contributed by atoms with Crippen LogP contribution in [-0.4, -0.2) is 20.0 Å². The normalized spacial score (nSPS) is 10.7. The Balaban J connectivity index is 2.45. The molecule has 0 saturated heterocycles. The zero-order valence-corrected chi connectivity index (χ0v) is 9.94. The zero-order chi connectivity index (χ0) is 11.5. The van der Waals surface area contributed by atoms with Crippen molar-refractivity contribution in [1.29, 1.82) is 0 Å². The van der Waals surface area contributed by atoms with E-state index in [2.05, 4.69) is 35.2 Å². The Morgan fingerprint density at radius 3 is 2.50 bits per heavy atom. The molecule has 0 aliphatic rings. The highest BCUT2D eigenvalue weighted by Crippen LogP contribution is 2.11. The lowest BCUT2D eigenvalue weighted by molar-refractivity contribution is 0.750. The fraction of sp³-hybridized carbons (Fsp3) is 0.417. The highest BCUT2D eigenvalue weighted by Gasteiger charge is 2.08. The van der Waals surface area contributed by atoms with Crippen LogP contribution in [0.2, 0.25) is 0 Å². The molecule has 0 fully saturated rings. The van der Waals surface area contributed by atoms with Gasteiger partial charge in [0.25, 0.3) is 0 Å². The predicted molar refractivity (Wildman–Crippen MR) is 62.6 cm³/mol. The molecule has 0 aromatic carbocycles. The van der Waals surface area contributed by atoms with Gasteiger partial charge in [0, 0.05) is 5.69 Å². The molecule has 16 heavy (non-hydrogen) atoms. The molecule has 0 amide bonds. The second-order valence-corrected chi connectivity index (χ2v) is 3.78. The number of hydrogen-bond acceptors (Lipinski definition) is 3. The van der Waals surface area contributed by atoms with Crippen LogP contribution in [0.15, 0.2) is 18.2 Å². The maximum atomic E-state index is 4.51. The summed E-state index contributed by atoms with van der Waals surface area (Å²) in [6, 6.07) is 6.03. The summed E-state index contributed by atoms with van der Waals surface area (Å²) in [5.74, 6) is 0.794. The summed E-state index contributed by atoms with van der Waals surface area (Å²) >= 11 is 0. The van der Waals surface area contributed by atoms with Gasteiger partial charge in [-0.25, -0.2) is 4.68 Å². The molecule has 4 heteroatoms. The van der Waals surface area contributed by atoms with Gasteiger partial charge in [-0.2, -0.15) is 10.2 Å².